The van der Waals surface area contributed by atoms with Crippen molar-refractivity contribution in [2.45, 2.75) is 12.8 Å². The number of amides is 1. The summed E-state index contributed by atoms with van der Waals surface area (Å²) in [6.07, 6.45) is 0.964. The van der Waals surface area contributed by atoms with E-state index in [2.05, 4.69) is 4.98 Å². The van der Waals surface area contributed by atoms with Gasteiger partial charge in [0.2, 0.25) is 5.91 Å². The van der Waals surface area contributed by atoms with Gasteiger partial charge in [0.25, 0.3) is 0 Å². The number of benzene rings is 1. The summed E-state index contributed by atoms with van der Waals surface area (Å²) in [5, 5.41) is 1.11. The zero-order valence-electron chi connectivity index (χ0n) is 8.31. The molecule has 3 nitrogen and oxygen atoms in total. The minimum atomic E-state index is -0.287. The zero-order valence-corrected chi connectivity index (χ0v) is 8.31. The summed E-state index contributed by atoms with van der Waals surface area (Å²) in [7, 11) is 0. The Morgan fingerprint density at radius 3 is 2.80 bits per heavy atom. The van der Waals surface area contributed by atoms with Crippen molar-refractivity contribution in [3.05, 3.63) is 42.1 Å². The van der Waals surface area contributed by atoms with Crippen molar-refractivity contribution < 1.29 is 4.79 Å². The largest absolute Gasteiger partial charge is 0.370 e. The molecule has 0 aliphatic carbocycles. The Labute approximate surface area is 87.9 Å². The maximum atomic E-state index is 10.6. The van der Waals surface area contributed by atoms with Gasteiger partial charge in [-0.3, -0.25) is 9.78 Å². The minimum Gasteiger partial charge on any atom is -0.370 e. The van der Waals surface area contributed by atoms with Crippen LogP contribution >= 0.6 is 0 Å². The molecule has 1 aromatic carbocycles. The number of pyridine rings is 1. The fourth-order valence-corrected chi connectivity index (χ4v) is 1.50. The first-order valence-electron chi connectivity index (χ1n) is 4.89. The molecule has 2 aromatic rings. The van der Waals surface area contributed by atoms with Gasteiger partial charge in [0.15, 0.2) is 0 Å². The number of aryl methyl sites for hydroxylation is 1. The maximum Gasteiger partial charge on any atom is 0.217 e. The van der Waals surface area contributed by atoms with E-state index in [0.29, 0.717) is 12.8 Å². The number of aromatic nitrogens is 1. The Bertz CT molecular complexity index is 494. The van der Waals surface area contributed by atoms with E-state index < -0.39 is 0 Å². The quantitative estimate of drug-likeness (QED) is 0.819. The molecular formula is C12H12N2O. The number of rotatable bonds is 3. The standard InChI is InChI=1S/C12H12N2O/c13-12(15)8-7-10-6-5-9-3-1-2-4-11(9)14-10/h1-6H,7-8H2,(H2,13,15). The van der Waals surface area contributed by atoms with Crippen LogP contribution in [-0.4, -0.2) is 10.9 Å². The van der Waals surface area contributed by atoms with Gasteiger partial charge in [-0.1, -0.05) is 24.3 Å². The summed E-state index contributed by atoms with van der Waals surface area (Å²) in [5.41, 5.74) is 6.95. The number of fused-ring (bicyclic) bond motifs is 1. The van der Waals surface area contributed by atoms with Crippen LogP contribution in [-0.2, 0) is 11.2 Å². The Kier molecular flexibility index (Phi) is 2.63. The van der Waals surface area contributed by atoms with E-state index in [1.165, 1.54) is 0 Å². The van der Waals surface area contributed by atoms with Crippen LogP contribution in [0.15, 0.2) is 36.4 Å². The van der Waals surface area contributed by atoms with E-state index in [1.807, 2.05) is 36.4 Å². The van der Waals surface area contributed by atoms with Crippen molar-refractivity contribution in [2.75, 3.05) is 0 Å². The molecule has 0 spiro atoms. The van der Waals surface area contributed by atoms with E-state index in [0.717, 1.165) is 16.6 Å². The van der Waals surface area contributed by atoms with Crippen LogP contribution in [0.4, 0.5) is 0 Å². The lowest BCUT2D eigenvalue weighted by atomic mass is 10.1. The summed E-state index contributed by atoms with van der Waals surface area (Å²) >= 11 is 0. The van der Waals surface area contributed by atoms with Gasteiger partial charge in [0.1, 0.15) is 0 Å². The zero-order chi connectivity index (χ0) is 10.7. The third-order valence-corrected chi connectivity index (χ3v) is 2.28. The molecule has 3 heteroatoms. The van der Waals surface area contributed by atoms with Gasteiger partial charge in [-0.25, -0.2) is 0 Å². The van der Waals surface area contributed by atoms with Crippen molar-refractivity contribution >= 4 is 16.8 Å². The van der Waals surface area contributed by atoms with E-state index in [-0.39, 0.29) is 5.91 Å². The van der Waals surface area contributed by atoms with E-state index in [9.17, 15) is 4.79 Å². The fourth-order valence-electron chi connectivity index (χ4n) is 1.50. The molecule has 0 radical (unpaired) electrons. The normalized spacial score (nSPS) is 10.4. The van der Waals surface area contributed by atoms with Crippen molar-refractivity contribution in [1.29, 1.82) is 0 Å². The first-order chi connectivity index (χ1) is 7.25. The number of hydrogen-bond donors (Lipinski definition) is 1. The third-order valence-electron chi connectivity index (χ3n) is 2.28. The SMILES string of the molecule is NC(=O)CCc1ccc2ccccc2n1. The Morgan fingerprint density at radius 1 is 1.20 bits per heavy atom. The topological polar surface area (TPSA) is 56.0 Å². The molecule has 0 atom stereocenters. The maximum absolute atomic E-state index is 10.6. The smallest absolute Gasteiger partial charge is 0.217 e. The van der Waals surface area contributed by atoms with Crippen molar-refractivity contribution in [1.82, 2.24) is 4.98 Å². The van der Waals surface area contributed by atoms with Gasteiger partial charge in [-0.15, -0.1) is 0 Å². The van der Waals surface area contributed by atoms with Crippen molar-refractivity contribution in [3.8, 4) is 0 Å². The Hall–Kier alpha value is -1.90. The summed E-state index contributed by atoms with van der Waals surface area (Å²) < 4.78 is 0. The van der Waals surface area contributed by atoms with E-state index in [4.69, 9.17) is 5.73 Å². The molecule has 76 valence electrons. The first-order valence-corrected chi connectivity index (χ1v) is 4.89. The predicted molar refractivity (Wildman–Crippen MR) is 59.3 cm³/mol. The molecule has 0 aliphatic heterocycles. The van der Waals surface area contributed by atoms with E-state index in [1.54, 1.807) is 0 Å². The fraction of sp³-hybridized carbons (Fsp3) is 0.167. The van der Waals surface area contributed by atoms with Gasteiger partial charge in [0, 0.05) is 17.5 Å². The molecule has 1 heterocycles. The summed E-state index contributed by atoms with van der Waals surface area (Å²) in [5.74, 6) is -0.287. The van der Waals surface area contributed by atoms with Gasteiger partial charge in [-0.05, 0) is 18.6 Å². The second-order valence-electron chi connectivity index (χ2n) is 3.46. The first kappa shape index (κ1) is 9.65. The molecule has 0 saturated carbocycles. The second-order valence-corrected chi connectivity index (χ2v) is 3.46. The molecule has 1 aromatic heterocycles. The van der Waals surface area contributed by atoms with Crippen LogP contribution in [0, 0.1) is 0 Å². The third kappa shape index (κ3) is 2.31. The Balaban J connectivity index is 2.26. The van der Waals surface area contributed by atoms with Crippen LogP contribution in [0.1, 0.15) is 12.1 Å². The number of hydrogen-bond acceptors (Lipinski definition) is 2. The summed E-state index contributed by atoms with van der Waals surface area (Å²) in [6, 6.07) is 11.9. The molecule has 0 unspecified atom stereocenters. The van der Waals surface area contributed by atoms with Crippen molar-refractivity contribution in [2.24, 2.45) is 5.73 Å². The van der Waals surface area contributed by atoms with Crippen LogP contribution in [0.25, 0.3) is 10.9 Å². The number of carbonyl (C=O) groups excluding carboxylic acids is 1. The summed E-state index contributed by atoms with van der Waals surface area (Å²) in [6.45, 7) is 0. The lowest BCUT2D eigenvalue weighted by molar-refractivity contribution is -0.118. The summed E-state index contributed by atoms with van der Waals surface area (Å²) in [4.78, 5) is 15.1. The number of nitrogens with zero attached hydrogens (tertiary/aromatic N) is 1. The van der Waals surface area contributed by atoms with Gasteiger partial charge in [-0.2, -0.15) is 0 Å². The molecule has 2 rings (SSSR count). The Morgan fingerprint density at radius 2 is 2.00 bits per heavy atom. The molecule has 1 amide bonds. The number of para-hydroxylation sites is 1. The highest BCUT2D eigenvalue weighted by atomic mass is 16.1. The lowest BCUT2D eigenvalue weighted by Gasteiger charge is -2.01. The average molecular weight is 200 g/mol. The molecular weight excluding hydrogens is 188 g/mol. The molecule has 0 aliphatic rings. The van der Waals surface area contributed by atoms with Crippen LogP contribution in [0.5, 0.6) is 0 Å². The van der Waals surface area contributed by atoms with Crippen LogP contribution in [0.3, 0.4) is 0 Å². The highest BCUT2D eigenvalue weighted by molar-refractivity contribution is 5.78. The monoisotopic (exact) mass is 200 g/mol. The molecule has 15 heavy (non-hydrogen) atoms. The molecule has 0 saturated heterocycles. The highest BCUT2D eigenvalue weighted by Crippen LogP contribution is 2.12. The van der Waals surface area contributed by atoms with Gasteiger partial charge < -0.3 is 5.73 Å². The molecule has 0 bridgehead atoms. The molecule has 0 fully saturated rings. The average Bonchev–Trinajstić information content (AvgIpc) is 2.26. The highest BCUT2D eigenvalue weighted by Gasteiger charge is 2.00. The number of nitrogens with two attached hydrogens (primary N) is 1. The predicted octanol–water partition coefficient (Wildman–Crippen LogP) is 1.65. The molecule has 2 N–H and O–H groups in total. The number of carbonyl (C=O) groups is 1. The van der Waals surface area contributed by atoms with E-state index >= 15 is 0 Å². The lowest BCUT2D eigenvalue weighted by Crippen LogP contribution is -2.11. The van der Waals surface area contributed by atoms with Gasteiger partial charge >= 0.3 is 0 Å². The minimum absolute atomic E-state index is 0.287. The van der Waals surface area contributed by atoms with Crippen LogP contribution < -0.4 is 5.73 Å². The second kappa shape index (κ2) is 4.09. The van der Waals surface area contributed by atoms with Gasteiger partial charge in [0.05, 0.1) is 5.52 Å². The van der Waals surface area contributed by atoms with Crippen molar-refractivity contribution in [3.63, 3.8) is 0 Å². The van der Waals surface area contributed by atoms with Crippen LogP contribution in [0.2, 0.25) is 0 Å². The number of primary amides is 1.